The largest absolute Gasteiger partial charge is 0.507 e. The Bertz CT molecular complexity index is 698. The summed E-state index contributed by atoms with van der Waals surface area (Å²) >= 11 is 11.6. The molecule has 0 aliphatic carbocycles. The molecule has 0 radical (unpaired) electrons. The molecule has 0 fully saturated rings. The fourth-order valence-corrected chi connectivity index (χ4v) is 2.06. The number of rotatable bonds is 4. The van der Waals surface area contributed by atoms with Crippen molar-refractivity contribution in [3.63, 3.8) is 0 Å². The number of benzene rings is 2. The molecule has 0 atom stereocenters. The minimum atomic E-state index is -0.838. The first-order valence-corrected chi connectivity index (χ1v) is 6.68. The van der Waals surface area contributed by atoms with Gasteiger partial charge in [0.25, 0.3) is 0 Å². The molecule has 0 heterocycles. The van der Waals surface area contributed by atoms with Crippen LogP contribution in [-0.4, -0.2) is 23.5 Å². The summed E-state index contributed by atoms with van der Waals surface area (Å²) in [5, 5.41) is 10.1. The van der Waals surface area contributed by atoms with Gasteiger partial charge in [0.2, 0.25) is 5.78 Å². The van der Waals surface area contributed by atoms with Crippen molar-refractivity contribution in [2.75, 3.05) is 6.61 Å². The Hall–Kier alpha value is -2.04. The molecule has 108 valence electrons. The smallest absolute Gasteiger partial charge is 0.342 e. The van der Waals surface area contributed by atoms with Gasteiger partial charge >= 0.3 is 5.97 Å². The zero-order valence-corrected chi connectivity index (χ0v) is 12.2. The van der Waals surface area contributed by atoms with E-state index in [0.29, 0.717) is 0 Å². The molecule has 2 rings (SSSR count). The number of carbonyl (C=O) groups is 2. The summed E-state index contributed by atoms with van der Waals surface area (Å²) in [6.07, 6.45) is 0. The maximum Gasteiger partial charge on any atom is 0.342 e. The quantitative estimate of drug-likeness (QED) is 0.687. The highest BCUT2D eigenvalue weighted by atomic mass is 35.5. The molecule has 2 aromatic rings. The fraction of sp³-hybridized carbons (Fsp3) is 0.0667. The molecule has 1 N–H and O–H groups in total. The molecule has 0 aromatic heterocycles. The SMILES string of the molecule is O=C(OCC(=O)c1ccccc1Cl)c1cc(Cl)ccc1O. The minimum absolute atomic E-state index is 0.102. The van der Waals surface area contributed by atoms with Crippen LogP contribution < -0.4 is 0 Å². The maximum absolute atomic E-state index is 11.9. The molecule has 0 spiro atoms. The number of halogens is 2. The molecule has 0 aliphatic rings. The van der Waals surface area contributed by atoms with E-state index in [1.165, 1.54) is 24.3 Å². The predicted molar refractivity (Wildman–Crippen MR) is 79.2 cm³/mol. The molecule has 0 bridgehead atoms. The monoisotopic (exact) mass is 324 g/mol. The average Bonchev–Trinajstić information content (AvgIpc) is 2.47. The molecule has 6 heteroatoms. The first kappa shape index (κ1) is 15.4. The lowest BCUT2D eigenvalue weighted by atomic mass is 10.1. The van der Waals surface area contributed by atoms with E-state index in [-0.39, 0.29) is 26.9 Å². The van der Waals surface area contributed by atoms with Gasteiger partial charge in [-0.1, -0.05) is 35.3 Å². The van der Waals surface area contributed by atoms with E-state index < -0.39 is 18.4 Å². The van der Waals surface area contributed by atoms with Gasteiger partial charge in [-0.3, -0.25) is 4.79 Å². The van der Waals surface area contributed by atoms with Crippen LogP contribution in [0.4, 0.5) is 0 Å². The van der Waals surface area contributed by atoms with E-state index in [0.717, 1.165) is 0 Å². The molecule has 4 nitrogen and oxygen atoms in total. The van der Waals surface area contributed by atoms with Crippen molar-refractivity contribution >= 4 is 35.0 Å². The van der Waals surface area contributed by atoms with Crippen molar-refractivity contribution in [3.05, 3.63) is 63.6 Å². The summed E-state index contributed by atoms with van der Waals surface area (Å²) in [7, 11) is 0. The van der Waals surface area contributed by atoms with Crippen LogP contribution in [0.1, 0.15) is 20.7 Å². The van der Waals surface area contributed by atoms with Crippen molar-refractivity contribution < 1.29 is 19.4 Å². The Kier molecular flexibility index (Phi) is 4.83. The molecule has 2 aromatic carbocycles. The minimum Gasteiger partial charge on any atom is -0.507 e. The number of hydrogen-bond acceptors (Lipinski definition) is 4. The Balaban J connectivity index is 2.06. The number of ketones is 1. The van der Waals surface area contributed by atoms with Crippen molar-refractivity contribution in [1.82, 2.24) is 0 Å². The molecule has 0 amide bonds. The second kappa shape index (κ2) is 6.61. The molecular weight excluding hydrogens is 315 g/mol. The second-order valence-electron chi connectivity index (χ2n) is 4.14. The second-order valence-corrected chi connectivity index (χ2v) is 4.98. The van der Waals surface area contributed by atoms with Gasteiger partial charge in [-0.25, -0.2) is 4.79 Å². The summed E-state index contributed by atoms with van der Waals surface area (Å²) in [6.45, 7) is -0.478. The van der Waals surface area contributed by atoms with E-state index in [9.17, 15) is 14.7 Å². The van der Waals surface area contributed by atoms with Crippen LogP contribution in [0.25, 0.3) is 0 Å². The number of phenols is 1. The summed E-state index contributed by atoms with van der Waals surface area (Å²) in [6, 6.07) is 10.4. The van der Waals surface area contributed by atoms with Crippen molar-refractivity contribution in [3.8, 4) is 5.75 Å². The third kappa shape index (κ3) is 3.74. The number of hydrogen-bond donors (Lipinski definition) is 1. The Morgan fingerprint density at radius 3 is 2.48 bits per heavy atom. The van der Waals surface area contributed by atoms with E-state index in [4.69, 9.17) is 27.9 Å². The zero-order valence-electron chi connectivity index (χ0n) is 10.7. The van der Waals surface area contributed by atoms with Gasteiger partial charge in [-0.05, 0) is 30.3 Å². The molecule has 21 heavy (non-hydrogen) atoms. The van der Waals surface area contributed by atoms with Crippen molar-refractivity contribution in [2.45, 2.75) is 0 Å². The Labute approximate surface area is 130 Å². The lowest BCUT2D eigenvalue weighted by molar-refractivity contribution is 0.0472. The van der Waals surface area contributed by atoms with Crippen LogP contribution in [0.15, 0.2) is 42.5 Å². The van der Waals surface area contributed by atoms with Gasteiger partial charge < -0.3 is 9.84 Å². The molecule has 0 unspecified atom stereocenters. The summed E-state index contributed by atoms with van der Waals surface area (Å²) < 4.78 is 4.87. The number of esters is 1. The highest BCUT2D eigenvalue weighted by molar-refractivity contribution is 6.34. The lowest BCUT2D eigenvalue weighted by Crippen LogP contribution is -2.14. The topological polar surface area (TPSA) is 63.6 Å². The van der Waals surface area contributed by atoms with E-state index in [1.54, 1.807) is 18.2 Å². The van der Waals surface area contributed by atoms with E-state index in [1.807, 2.05) is 0 Å². The van der Waals surface area contributed by atoms with Crippen LogP contribution in [0.5, 0.6) is 5.75 Å². The van der Waals surface area contributed by atoms with Crippen molar-refractivity contribution in [1.29, 1.82) is 0 Å². The fourth-order valence-electron chi connectivity index (χ4n) is 1.65. The summed E-state index contributed by atoms with van der Waals surface area (Å²) in [4.78, 5) is 23.7. The van der Waals surface area contributed by atoms with Gasteiger partial charge in [0.15, 0.2) is 6.61 Å². The number of carbonyl (C=O) groups excluding carboxylic acids is 2. The highest BCUT2D eigenvalue weighted by Gasteiger charge is 2.16. The van der Waals surface area contributed by atoms with Crippen LogP contribution in [-0.2, 0) is 4.74 Å². The molecule has 0 saturated heterocycles. The number of ether oxygens (including phenoxy) is 1. The van der Waals surface area contributed by atoms with Gasteiger partial charge in [-0.2, -0.15) is 0 Å². The van der Waals surface area contributed by atoms with Gasteiger partial charge in [0, 0.05) is 10.6 Å². The Morgan fingerprint density at radius 2 is 1.76 bits per heavy atom. The van der Waals surface area contributed by atoms with Crippen LogP contribution in [0.3, 0.4) is 0 Å². The third-order valence-electron chi connectivity index (χ3n) is 2.69. The number of phenolic OH excluding ortho intramolecular Hbond substituents is 1. The first-order chi connectivity index (χ1) is 9.99. The van der Waals surface area contributed by atoms with Crippen LogP contribution in [0, 0.1) is 0 Å². The van der Waals surface area contributed by atoms with Crippen LogP contribution >= 0.6 is 23.2 Å². The molecule has 0 saturated carbocycles. The normalized spacial score (nSPS) is 10.2. The first-order valence-electron chi connectivity index (χ1n) is 5.92. The predicted octanol–water partition coefficient (Wildman–Crippen LogP) is 3.74. The van der Waals surface area contributed by atoms with Gasteiger partial charge in [0.1, 0.15) is 11.3 Å². The Morgan fingerprint density at radius 1 is 1.05 bits per heavy atom. The van der Waals surface area contributed by atoms with Crippen molar-refractivity contribution in [2.24, 2.45) is 0 Å². The molecular formula is C15H10Cl2O4. The summed E-state index contributed by atoms with van der Waals surface area (Å²) in [5.74, 6) is -1.54. The van der Waals surface area contributed by atoms with Crippen LogP contribution in [0.2, 0.25) is 10.0 Å². The molecule has 0 aliphatic heterocycles. The van der Waals surface area contributed by atoms with E-state index >= 15 is 0 Å². The number of Topliss-reactive ketones (excluding diaryl/α,β-unsaturated/α-hetero) is 1. The van der Waals surface area contributed by atoms with Gasteiger partial charge in [-0.15, -0.1) is 0 Å². The summed E-state index contributed by atoms with van der Waals surface area (Å²) in [5.41, 5.74) is 0.164. The highest BCUT2D eigenvalue weighted by Crippen LogP contribution is 2.22. The van der Waals surface area contributed by atoms with Gasteiger partial charge in [0.05, 0.1) is 5.02 Å². The number of aromatic hydroxyl groups is 1. The lowest BCUT2D eigenvalue weighted by Gasteiger charge is -2.07. The average molecular weight is 325 g/mol. The zero-order chi connectivity index (χ0) is 15.4. The maximum atomic E-state index is 11.9. The van der Waals surface area contributed by atoms with E-state index in [2.05, 4.69) is 0 Å². The standard InChI is InChI=1S/C15H10Cl2O4/c16-9-5-6-13(18)11(7-9)15(20)21-8-14(19)10-3-1-2-4-12(10)17/h1-7,18H,8H2. The third-order valence-corrected chi connectivity index (χ3v) is 3.25.